The number of imide groups is 1. The molecule has 1 aromatic rings. The molecule has 5 nitrogen and oxygen atoms in total. The highest BCUT2D eigenvalue weighted by Gasteiger charge is 2.48. The third-order valence-corrected chi connectivity index (χ3v) is 3.52. The van der Waals surface area contributed by atoms with Crippen molar-refractivity contribution < 1.29 is 14.3 Å². The molecule has 0 radical (unpaired) electrons. The number of methoxy groups -OCH3 is 1. The van der Waals surface area contributed by atoms with Gasteiger partial charge < -0.3 is 9.64 Å². The van der Waals surface area contributed by atoms with E-state index >= 15 is 0 Å². The third kappa shape index (κ3) is 1.40. The number of para-hydroxylation sites is 2. The molecule has 0 spiro atoms. The van der Waals surface area contributed by atoms with Crippen molar-refractivity contribution in [3.63, 3.8) is 0 Å². The van der Waals surface area contributed by atoms with Crippen LogP contribution in [0.2, 0.25) is 0 Å². The van der Waals surface area contributed by atoms with Crippen LogP contribution in [0, 0.1) is 0 Å². The van der Waals surface area contributed by atoms with E-state index in [1.165, 1.54) is 12.0 Å². The van der Waals surface area contributed by atoms with Gasteiger partial charge in [0.25, 0.3) is 5.91 Å². The van der Waals surface area contributed by atoms with Crippen LogP contribution in [0.3, 0.4) is 0 Å². The number of benzene rings is 1. The van der Waals surface area contributed by atoms with Gasteiger partial charge in [-0.3, -0.25) is 4.79 Å². The maximum absolute atomic E-state index is 12.3. The van der Waals surface area contributed by atoms with E-state index in [-0.39, 0.29) is 18.0 Å². The summed E-state index contributed by atoms with van der Waals surface area (Å²) in [7, 11) is 1.53. The Balaban J connectivity index is 2.02. The number of carbonyl (C=O) groups excluding carboxylic acids is 2. The van der Waals surface area contributed by atoms with Crippen LogP contribution in [0.1, 0.15) is 12.8 Å². The van der Waals surface area contributed by atoms with Crippen LogP contribution in [0.25, 0.3) is 0 Å². The minimum Gasteiger partial charge on any atom is -0.495 e. The summed E-state index contributed by atoms with van der Waals surface area (Å²) in [6, 6.07) is 6.58. The molecule has 2 fully saturated rings. The summed E-state index contributed by atoms with van der Waals surface area (Å²) in [6.07, 6.45) is 1.66. The van der Waals surface area contributed by atoms with Gasteiger partial charge in [-0.15, -0.1) is 0 Å². The summed E-state index contributed by atoms with van der Waals surface area (Å²) in [6.45, 7) is 0.668. The molecule has 1 unspecified atom stereocenters. The van der Waals surface area contributed by atoms with E-state index in [2.05, 4.69) is 0 Å². The summed E-state index contributed by atoms with van der Waals surface area (Å²) in [4.78, 5) is 27.4. The first-order valence-corrected chi connectivity index (χ1v) is 6.01. The Morgan fingerprint density at radius 1 is 1.28 bits per heavy atom. The van der Waals surface area contributed by atoms with Gasteiger partial charge in [0, 0.05) is 6.54 Å². The fraction of sp³-hybridized carbons (Fsp3) is 0.385. The Bertz CT molecular complexity index is 493. The Morgan fingerprint density at radius 3 is 2.78 bits per heavy atom. The number of urea groups is 1. The lowest BCUT2D eigenvalue weighted by Crippen LogP contribution is -2.33. The molecule has 2 aliphatic rings. The van der Waals surface area contributed by atoms with Gasteiger partial charge in [0.2, 0.25) is 0 Å². The van der Waals surface area contributed by atoms with E-state index < -0.39 is 0 Å². The van der Waals surface area contributed by atoms with Crippen molar-refractivity contribution in [2.45, 2.75) is 18.9 Å². The van der Waals surface area contributed by atoms with Gasteiger partial charge in [0.1, 0.15) is 11.8 Å². The summed E-state index contributed by atoms with van der Waals surface area (Å²) >= 11 is 0. The molecule has 0 aliphatic carbocycles. The van der Waals surface area contributed by atoms with Crippen LogP contribution in [0.15, 0.2) is 24.3 Å². The lowest BCUT2D eigenvalue weighted by atomic mass is 10.2. The molecule has 1 aromatic carbocycles. The maximum atomic E-state index is 12.3. The number of carbonyl (C=O) groups is 2. The summed E-state index contributed by atoms with van der Waals surface area (Å²) < 4.78 is 5.21. The van der Waals surface area contributed by atoms with Crippen LogP contribution < -0.4 is 9.64 Å². The fourth-order valence-corrected chi connectivity index (χ4v) is 2.66. The molecule has 0 aromatic heterocycles. The lowest BCUT2D eigenvalue weighted by Gasteiger charge is -2.17. The van der Waals surface area contributed by atoms with E-state index in [9.17, 15) is 9.59 Å². The fourth-order valence-electron chi connectivity index (χ4n) is 2.66. The molecule has 1 atom stereocenters. The first kappa shape index (κ1) is 11.1. The number of nitrogens with zero attached hydrogens (tertiary/aromatic N) is 2. The van der Waals surface area contributed by atoms with Gasteiger partial charge in [0.05, 0.1) is 12.8 Å². The average Bonchev–Trinajstić information content (AvgIpc) is 2.95. The minimum atomic E-state index is -0.276. The molecule has 3 rings (SSSR count). The Hall–Kier alpha value is -2.04. The van der Waals surface area contributed by atoms with Crippen molar-refractivity contribution in [2.24, 2.45) is 0 Å². The number of ether oxygens (including phenoxy) is 1. The molecule has 0 N–H and O–H groups in total. The highest BCUT2D eigenvalue weighted by atomic mass is 16.5. The summed E-state index contributed by atoms with van der Waals surface area (Å²) in [5, 5.41) is 0. The number of anilines is 1. The molecule has 2 saturated heterocycles. The third-order valence-electron chi connectivity index (χ3n) is 3.52. The lowest BCUT2D eigenvalue weighted by molar-refractivity contribution is -0.119. The van der Waals surface area contributed by atoms with Gasteiger partial charge in [0.15, 0.2) is 0 Å². The van der Waals surface area contributed by atoms with Crippen LogP contribution >= 0.6 is 0 Å². The molecule has 2 aliphatic heterocycles. The Morgan fingerprint density at radius 2 is 2.06 bits per heavy atom. The second kappa shape index (κ2) is 4.01. The second-order valence-corrected chi connectivity index (χ2v) is 4.48. The number of amides is 3. The molecule has 0 saturated carbocycles. The SMILES string of the molecule is COc1ccccc1N1C(=O)C2CCCN2C1=O. The molecule has 94 valence electrons. The van der Waals surface area contributed by atoms with Gasteiger partial charge in [-0.05, 0) is 25.0 Å². The highest BCUT2D eigenvalue weighted by Crippen LogP contribution is 2.35. The molecular weight excluding hydrogens is 232 g/mol. The second-order valence-electron chi connectivity index (χ2n) is 4.48. The predicted molar refractivity (Wildman–Crippen MR) is 65.6 cm³/mol. The van der Waals surface area contributed by atoms with Crippen LogP contribution in [0.4, 0.5) is 10.5 Å². The summed E-state index contributed by atoms with van der Waals surface area (Å²) in [5.41, 5.74) is 0.532. The van der Waals surface area contributed by atoms with E-state index in [1.807, 2.05) is 6.07 Å². The smallest absolute Gasteiger partial charge is 0.332 e. The monoisotopic (exact) mass is 246 g/mol. The first-order valence-electron chi connectivity index (χ1n) is 6.01. The van der Waals surface area contributed by atoms with Crippen molar-refractivity contribution in [1.82, 2.24) is 4.90 Å². The van der Waals surface area contributed by atoms with Crippen LogP contribution in [-0.4, -0.2) is 36.5 Å². The molecule has 5 heteroatoms. The molecule has 18 heavy (non-hydrogen) atoms. The van der Waals surface area contributed by atoms with E-state index in [4.69, 9.17) is 4.74 Å². The summed E-state index contributed by atoms with van der Waals surface area (Å²) in [5.74, 6) is 0.405. The van der Waals surface area contributed by atoms with E-state index in [0.717, 1.165) is 12.8 Å². The van der Waals surface area contributed by atoms with E-state index in [0.29, 0.717) is 18.0 Å². The zero-order chi connectivity index (χ0) is 12.7. The molecule has 2 heterocycles. The molecule has 3 amide bonds. The normalized spacial score (nSPS) is 22.6. The number of hydrogen-bond donors (Lipinski definition) is 0. The van der Waals surface area contributed by atoms with Gasteiger partial charge in [-0.2, -0.15) is 0 Å². The number of fused-ring (bicyclic) bond motifs is 1. The van der Waals surface area contributed by atoms with Crippen LogP contribution in [-0.2, 0) is 4.79 Å². The minimum absolute atomic E-state index is 0.137. The van der Waals surface area contributed by atoms with Crippen molar-refractivity contribution in [1.29, 1.82) is 0 Å². The number of hydrogen-bond acceptors (Lipinski definition) is 3. The zero-order valence-electron chi connectivity index (χ0n) is 10.1. The van der Waals surface area contributed by atoms with Crippen molar-refractivity contribution in [3.05, 3.63) is 24.3 Å². The van der Waals surface area contributed by atoms with Crippen molar-refractivity contribution in [2.75, 3.05) is 18.6 Å². The highest BCUT2D eigenvalue weighted by molar-refractivity contribution is 6.22. The van der Waals surface area contributed by atoms with Gasteiger partial charge in [-0.25, -0.2) is 9.69 Å². The standard InChI is InChI=1S/C13H14N2O3/c1-18-11-7-3-2-5-9(11)15-12(16)10-6-4-8-14(10)13(15)17/h2-3,5,7,10H,4,6,8H2,1H3. The topological polar surface area (TPSA) is 49.9 Å². The van der Waals surface area contributed by atoms with Crippen molar-refractivity contribution in [3.8, 4) is 5.75 Å². The average molecular weight is 246 g/mol. The Labute approximate surface area is 105 Å². The Kier molecular flexibility index (Phi) is 2.47. The molecular formula is C13H14N2O3. The number of rotatable bonds is 2. The van der Waals surface area contributed by atoms with Crippen LogP contribution in [0.5, 0.6) is 5.75 Å². The predicted octanol–water partition coefficient (Wildman–Crippen LogP) is 1.63. The van der Waals surface area contributed by atoms with E-state index in [1.54, 1.807) is 23.1 Å². The molecule has 0 bridgehead atoms. The van der Waals surface area contributed by atoms with Gasteiger partial charge >= 0.3 is 6.03 Å². The van der Waals surface area contributed by atoms with Gasteiger partial charge in [-0.1, -0.05) is 12.1 Å². The van der Waals surface area contributed by atoms with Crippen molar-refractivity contribution >= 4 is 17.6 Å². The zero-order valence-corrected chi connectivity index (χ0v) is 10.1. The quantitative estimate of drug-likeness (QED) is 0.745. The maximum Gasteiger partial charge on any atom is 0.332 e. The largest absolute Gasteiger partial charge is 0.495 e. The first-order chi connectivity index (χ1) is 8.74.